The molecule has 0 bridgehead atoms. The minimum absolute atomic E-state index is 0.153. The van der Waals surface area contributed by atoms with Crippen molar-refractivity contribution in [1.82, 2.24) is 19.4 Å². The summed E-state index contributed by atoms with van der Waals surface area (Å²) in [6.45, 7) is 4.15. The first kappa shape index (κ1) is 25.4. The number of halogens is 4. The Morgan fingerprint density at radius 1 is 1.14 bits per heavy atom. The van der Waals surface area contributed by atoms with Crippen molar-refractivity contribution in [3.8, 4) is 16.3 Å². The Morgan fingerprint density at radius 2 is 1.89 bits per heavy atom. The van der Waals surface area contributed by atoms with E-state index in [2.05, 4.69) is 20.1 Å². The molecule has 2 heterocycles. The van der Waals surface area contributed by atoms with Crippen molar-refractivity contribution in [2.75, 3.05) is 6.54 Å². The lowest BCUT2D eigenvalue weighted by Gasteiger charge is -2.16. The molecule has 0 atom stereocenters. The number of aromatic nitrogens is 3. The largest absolute Gasteiger partial charge is 0.434 e. The van der Waals surface area contributed by atoms with Crippen molar-refractivity contribution in [2.24, 2.45) is 10.2 Å². The van der Waals surface area contributed by atoms with Crippen LogP contribution in [0.4, 0.5) is 13.2 Å². The van der Waals surface area contributed by atoms with Crippen LogP contribution in [0.5, 0.6) is 0 Å². The average Bonchev–Trinajstić information content (AvgIpc) is 3.53. The maximum atomic E-state index is 12.8. The molecule has 0 saturated heterocycles. The summed E-state index contributed by atoms with van der Waals surface area (Å²) in [5.41, 5.74) is 0.786. The Morgan fingerprint density at radius 3 is 2.58 bits per heavy atom. The quantitative estimate of drug-likeness (QED) is 0.203. The summed E-state index contributed by atoms with van der Waals surface area (Å²) in [5.74, 6) is -0.673. The molecule has 0 spiro atoms. The van der Waals surface area contributed by atoms with Crippen LogP contribution >= 0.6 is 22.9 Å². The van der Waals surface area contributed by atoms with Crippen molar-refractivity contribution in [1.29, 1.82) is 0 Å². The fraction of sp³-hybridized carbons (Fsp3) is 0.208. The second-order valence-corrected chi connectivity index (χ2v) is 9.73. The second kappa shape index (κ2) is 10.1. The standard InChI is InChI=1S/C24H19ClF3N6OS/c1-23(2,20-12-36-22(31-20)15-6-8-17(25)9-7-15)13-30-33-32-21(35)16-4-3-5-18(10-16)34-11-19(29-14-34)24(26,27)28/h3-12,14H,13H2,1-2H3/q+1. The van der Waals surface area contributed by atoms with Crippen LogP contribution < -0.4 is 4.91 Å². The van der Waals surface area contributed by atoms with E-state index in [1.54, 1.807) is 18.2 Å². The van der Waals surface area contributed by atoms with Gasteiger partial charge in [-0.25, -0.2) is 9.97 Å². The number of thiazole rings is 1. The van der Waals surface area contributed by atoms with Gasteiger partial charge in [-0.1, -0.05) is 43.6 Å². The van der Waals surface area contributed by atoms with Crippen LogP contribution in [0.1, 0.15) is 35.6 Å². The molecule has 0 aliphatic rings. The molecule has 4 rings (SSSR count). The van der Waals surface area contributed by atoms with Gasteiger partial charge < -0.3 is 4.57 Å². The Kier molecular flexibility index (Phi) is 7.16. The van der Waals surface area contributed by atoms with E-state index in [4.69, 9.17) is 16.6 Å². The van der Waals surface area contributed by atoms with Gasteiger partial charge in [0.1, 0.15) is 16.7 Å². The highest BCUT2D eigenvalue weighted by Gasteiger charge is 2.33. The number of alkyl halides is 3. The lowest BCUT2D eigenvalue weighted by molar-refractivity contribution is -0.140. The molecule has 2 aromatic carbocycles. The summed E-state index contributed by atoms with van der Waals surface area (Å²) in [7, 11) is 0. The third kappa shape index (κ3) is 5.93. The first-order chi connectivity index (χ1) is 17.0. The summed E-state index contributed by atoms with van der Waals surface area (Å²) in [5, 5.41) is 11.1. The minimum Gasteiger partial charge on any atom is -0.306 e. The van der Waals surface area contributed by atoms with E-state index in [-0.39, 0.29) is 12.1 Å². The van der Waals surface area contributed by atoms with Crippen molar-refractivity contribution in [3.63, 3.8) is 0 Å². The van der Waals surface area contributed by atoms with Gasteiger partial charge in [-0.3, -0.25) is 4.79 Å². The van der Waals surface area contributed by atoms with Gasteiger partial charge in [-0.05, 0) is 30.3 Å². The number of carbonyl (C=O) groups is 1. The number of benzene rings is 2. The predicted molar refractivity (Wildman–Crippen MR) is 130 cm³/mol. The van der Waals surface area contributed by atoms with Crippen LogP contribution in [-0.2, 0) is 11.6 Å². The number of imidazole rings is 1. The number of hydrogen-bond donors (Lipinski definition) is 0. The molecule has 7 nitrogen and oxygen atoms in total. The summed E-state index contributed by atoms with van der Waals surface area (Å²) in [6.07, 6.45) is -2.68. The normalized spacial score (nSPS) is 11.7. The van der Waals surface area contributed by atoms with Crippen LogP contribution in [0, 0.1) is 0 Å². The molecule has 0 saturated carbocycles. The highest BCUT2D eigenvalue weighted by atomic mass is 35.5. The van der Waals surface area contributed by atoms with Gasteiger partial charge in [0.25, 0.3) is 0 Å². The van der Waals surface area contributed by atoms with Crippen LogP contribution in [0.15, 0.2) is 76.7 Å². The SMILES string of the molecule is CC(C)(CN=[N+]=NC(=O)c1cccc(-n2cnc(C(F)(F)F)c2)c1)c1csc(-c2ccc(Cl)cc2)n1. The molecule has 12 heteroatoms. The fourth-order valence-electron chi connectivity index (χ4n) is 3.14. The van der Waals surface area contributed by atoms with Gasteiger partial charge in [-0.15, -0.1) is 11.3 Å². The van der Waals surface area contributed by atoms with E-state index in [9.17, 15) is 18.0 Å². The molecular weight excluding hydrogens is 513 g/mol. The van der Waals surface area contributed by atoms with Gasteiger partial charge >= 0.3 is 12.1 Å². The average molecular weight is 532 g/mol. The molecular formula is C24H19ClF3N6OS+. The maximum Gasteiger partial charge on any atom is 0.434 e. The summed E-state index contributed by atoms with van der Waals surface area (Å²) in [4.78, 5) is 24.1. The zero-order valence-corrected chi connectivity index (χ0v) is 20.6. The smallest absolute Gasteiger partial charge is 0.306 e. The molecule has 184 valence electrons. The lowest BCUT2D eigenvalue weighted by Crippen LogP contribution is -2.21. The van der Waals surface area contributed by atoms with Crippen molar-refractivity contribution in [2.45, 2.75) is 25.4 Å². The molecule has 36 heavy (non-hydrogen) atoms. The Hall–Kier alpha value is -3.66. The molecule has 0 fully saturated rings. The van der Waals surface area contributed by atoms with E-state index >= 15 is 0 Å². The molecule has 0 aliphatic heterocycles. The third-order valence-electron chi connectivity index (χ3n) is 5.22. The zero-order chi connectivity index (χ0) is 25.9. The van der Waals surface area contributed by atoms with E-state index in [0.717, 1.165) is 28.8 Å². The van der Waals surface area contributed by atoms with E-state index in [0.29, 0.717) is 10.7 Å². The highest BCUT2D eigenvalue weighted by molar-refractivity contribution is 7.13. The monoisotopic (exact) mass is 531 g/mol. The topological polar surface area (TPSA) is 86.6 Å². The number of amides is 1. The third-order valence-corrected chi connectivity index (χ3v) is 6.36. The molecule has 2 aromatic heterocycles. The predicted octanol–water partition coefficient (Wildman–Crippen LogP) is 6.76. The van der Waals surface area contributed by atoms with E-state index in [1.807, 2.05) is 31.4 Å². The van der Waals surface area contributed by atoms with Crippen LogP contribution in [0.25, 0.3) is 16.3 Å². The number of rotatable bonds is 6. The van der Waals surface area contributed by atoms with Crippen molar-refractivity contribution in [3.05, 3.63) is 88.4 Å². The second-order valence-electron chi connectivity index (χ2n) is 8.44. The Balaban J connectivity index is 1.43. The minimum atomic E-state index is -4.56. The van der Waals surface area contributed by atoms with Crippen molar-refractivity contribution >= 4 is 28.8 Å². The van der Waals surface area contributed by atoms with E-state index < -0.39 is 23.2 Å². The first-order valence-electron chi connectivity index (χ1n) is 10.6. The van der Waals surface area contributed by atoms with Crippen LogP contribution in [0.3, 0.4) is 0 Å². The number of carbonyl (C=O) groups excluding carboxylic acids is 1. The number of nitrogens with zero attached hydrogens (tertiary/aromatic N) is 6. The lowest BCUT2D eigenvalue weighted by atomic mass is 9.90. The molecule has 4 aromatic rings. The van der Waals surface area contributed by atoms with Gasteiger partial charge in [0, 0.05) is 33.3 Å². The summed E-state index contributed by atoms with van der Waals surface area (Å²) >= 11 is 7.45. The van der Waals surface area contributed by atoms with Gasteiger partial charge in [0.2, 0.25) is 10.0 Å². The van der Waals surface area contributed by atoms with Gasteiger partial charge in [-0.2, -0.15) is 13.2 Å². The molecule has 1 amide bonds. The molecule has 0 radical (unpaired) electrons. The number of hydrogen-bond acceptors (Lipinski definition) is 5. The Labute approximate surface area is 213 Å². The van der Waals surface area contributed by atoms with E-state index in [1.165, 1.54) is 34.1 Å². The van der Waals surface area contributed by atoms with Gasteiger partial charge in [0.15, 0.2) is 5.69 Å². The zero-order valence-electron chi connectivity index (χ0n) is 19.1. The summed E-state index contributed by atoms with van der Waals surface area (Å²) in [6, 6.07) is 13.4. The highest BCUT2D eigenvalue weighted by Crippen LogP contribution is 2.31. The fourth-order valence-corrected chi connectivity index (χ4v) is 4.28. The molecule has 0 unspecified atom stereocenters. The van der Waals surface area contributed by atoms with Gasteiger partial charge in [0.05, 0.1) is 17.6 Å². The van der Waals surface area contributed by atoms with Crippen LogP contribution in [0.2, 0.25) is 5.02 Å². The van der Waals surface area contributed by atoms with Crippen molar-refractivity contribution < 1.29 is 18.0 Å². The first-order valence-corrected chi connectivity index (χ1v) is 11.8. The molecule has 0 aliphatic carbocycles. The molecule has 0 N–H and O–H groups in total. The van der Waals surface area contributed by atoms with Crippen LogP contribution in [-0.4, -0.2) is 27.0 Å². The maximum absolute atomic E-state index is 12.8. The Bertz CT molecular complexity index is 1450. The summed E-state index contributed by atoms with van der Waals surface area (Å²) < 4.78 is 39.6.